The van der Waals surface area contributed by atoms with Crippen LogP contribution >= 0.6 is 0 Å². The Morgan fingerprint density at radius 1 is 1.50 bits per heavy atom. The number of nitrogens with zero attached hydrogens (tertiary/aromatic N) is 2. The maximum Gasteiger partial charge on any atom is 0.270 e. The number of nitro groups is 1. The van der Waals surface area contributed by atoms with Gasteiger partial charge < -0.3 is 5.73 Å². The van der Waals surface area contributed by atoms with Crippen molar-refractivity contribution in [1.82, 2.24) is 4.31 Å². The van der Waals surface area contributed by atoms with Gasteiger partial charge in [-0.3, -0.25) is 10.1 Å². The van der Waals surface area contributed by atoms with Crippen molar-refractivity contribution in [2.75, 3.05) is 13.1 Å². The van der Waals surface area contributed by atoms with E-state index in [1.807, 2.05) is 6.92 Å². The molecule has 1 heterocycles. The van der Waals surface area contributed by atoms with Gasteiger partial charge in [0.25, 0.3) is 5.69 Å². The van der Waals surface area contributed by atoms with E-state index in [0.717, 1.165) is 6.07 Å². The Bertz CT molecular complexity index is 617. The van der Waals surface area contributed by atoms with Crippen LogP contribution in [0.3, 0.4) is 0 Å². The van der Waals surface area contributed by atoms with Crippen molar-refractivity contribution in [1.29, 1.82) is 0 Å². The first-order valence-corrected chi connectivity index (χ1v) is 7.76. The minimum absolute atomic E-state index is 0.0452. The molecule has 8 heteroatoms. The highest BCUT2D eigenvalue weighted by atomic mass is 32.2. The first-order chi connectivity index (χ1) is 9.36. The summed E-state index contributed by atoms with van der Waals surface area (Å²) in [4.78, 5) is 10.1. The number of sulfonamides is 1. The van der Waals surface area contributed by atoms with Crippen LogP contribution in [0, 0.1) is 16.0 Å². The summed E-state index contributed by atoms with van der Waals surface area (Å²) in [6, 6.07) is 4.98. The number of hydrogen-bond acceptors (Lipinski definition) is 5. The molecule has 1 aliphatic rings. The van der Waals surface area contributed by atoms with Gasteiger partial charge in [0.15, 0.2) is 0 Å². The fraction of sp³-hybridized carbons (Fsp3) is 0.500. The lowest BCUT2D eigenvalue weighted by Gasteiger charge is -2.20. The predicted molar refractivity (Wildman–Crippen MR) is 73.6 cm³/mol. The van der Waals surface area contributed by atoms with Crippen molar-refractivity contribution in [3.05, 3.63) is 34.4 Å². The van der Waals surface area contributed by atoms with E-state index in [2.05, 4.69) is 0 Å². The Kier molecular flexibility index (Phi) is 4.07. The number of hydrogen-bond donors (Lipinski definition) is 1. The smallest absolute Gasteiger partial charge is 0.270 e. The molecular formula is C12H17N3O4S. The van der Waals surface area contributed by atoms with Gasteiger partial charge in [0.1, 0.15) is 0 Å². The highest BCUT2D eigenvalue weighted by Crippen LogP contribution is 2.30. The van der Waals surface area contributed by atoms with Gasteiger partial charge in [-0.15, -0.1) is 0 Å². The van der Waals surface area contributed by atoms with E-state index < -0.39 is 14.9 Å². The molecular weight excluding hydrogens is 282 g/mol. The van der Waals surface area contributed by atoms with Crippen LogP contribution in [0.15, 0.2) is 29.2 Å². The van der Waals surface area contributed by atoms with Crippen LogP contribution in [0.4, 0.5) is 5.69 Å². The van der Waals surface area contributed by atoms with Crippen LogP contribution in [0.2, 0.25) is 0 Å². The molecule has 110 valence electrons. The third-order valence-corrected chi connectivity index (χ3v) is 5.55. The van der Waals surface area contributed by atoms with E-state index in [1.165, 1.54) is 22.5 Å². The summed E-state index contributed by atoms with van der Waals surface area (Å²) < 4.78 is 26.5. The lowest BCUT2D eigenvalue weighted by Crippen LogP contribution is -2.34. The lowest BCUT2D eigenvalue weighted by molar-refractivity contribution is -0.385. The van der Waals surface area contributed by atoms with E-state index in [0.29, 0.717) is 19.5 Å². The fourth-order valence-electron chi connectivity index (χ4n) is 2.51. The highest BCUT2D eigenvalue weighted by molar-refractivity contribution is 7.89. The molecule has 0 amide bonds. The second-order valence-corrected chi connectivity index (χ2v) is 6.91. The van der Waals surface area contributed by atoms with E-state index in [9.17, 15) is 18.5 Å². The summed E-state index contributed by atoms with van der Waals surface area (Å²) in [7, 11) is -3.71. The highest BCUT2D eigenvalue weighted by Gasteiger charge is 2.37. The minimum atomic E-state index is -3.71. The Labute approximate surface area is 117 Å². The molecule has 2 unspecified atom stereocenters. The molecule has 2 N–H and O–H groups in total. The van der Waals surface area contributed by atoms with Crippen LogP contribution in [-0.4, -0.2) is 36.8 Å². The van der Waals surface area contributed by atoms with Crippen molar-refractivity contribution in [2.45, 2.75) is 24.3 Å². The van der Waals surface area contributed by atoms with Gasteiger partial charge in [-0.1, -0.05) is 6.07 Å². The Balaban J connectivity index is 2.36. The summed E-state index contributed by atoms with van der Waals surface area (Å²) in [5.74, 6) is 0.137. The monoisotopic (exact) mass is 299 g/mol. The standard InChI is InChI=1S/C12H17N3O4S/c1-9-5-10(7-13)8-14(9)20(18,19)12-4-2-3-11(6-12)15(16)17/h2-4,6,9-10H,5,7-8,13H2,1H3. The number of rotatable bonds is 4. The maximum absolute atomic E-state index is 12.5. The zero-order valence-corrected chi connectivity index (χ0v) is 11.9. The molecule has 1 fully saturated rings. The third-order valence-electron chi connectivity index (χ3n) is 3.57. The molecule has 2 atom stereocenters. The number of benzene rings is 1. The summed E-state index contributed by atoms with van der Waals surface area (Å²) in [6.07, 6.45) is 0.713. The Morgan fingerprint density at radius 3 is 2.75 bits per heavy atom. The van der Waals surface area contributed by atoms with Crippen molar-refractivity contribution in [3.8, 4) is 0 Å². The van der Waals surface area contributed by atoms with Crippen LogP contribution in [0.1, 0.15) is 13.3 Å². The molecule has 1 aromatic rings. The maximum atomic E-state index is 12.5. The van der Waals surface area contributed by atoms with Crippen LogP contribution in [-0.2, 0) is 10.0 Å². The molecule has 1 aliphatic heterocycles. The second-order valence-electron chi connectivity index (χ2n) is 5.02. The molecule has 0 aliphatic carbocycles. The number of non-ortho nitro benzene ring substituents is 1. The normalized spacial score (nSPS) is 23.9. The topological polar surface area (TPSA) is 107 Å². The van der Waals surface area contributed by atoms with Gasteiger partial charge in [-0.05, 0) is 31.9 Å². The molecule has 1 aromatic carbocycles. The number of nitro benzene ring substituents is 1. The summed E-state index contributed by atoms with van der Waals surface area (Å²) in [6.45, 7) is 2.62. The summed E-state index contributed by atoms with van der Waals surface area (Å²) >= 11 is 0. The van der Waals surface area contributed by atoms with Gasteiger partial charge in [0.05, 0.1) is 9.82 Å². The summed E-state index contributed by atoms with van der Waals surface area (Å²) in [5.41, 5.74) is 5.36. The molecule has 20 heavy (non-hydrogen) atoms. The first kappa shape index (κ1) is 14.9. The Morgan fingerprint density at radius 2 is 2.20 bits per heavy atom. The van der Waals surface area contributed by atoms with Gasteiger partial charge in [0, 0.05) is 24.7 Å². The zero-order valence-electron chi connectivity index (χ0n) is 11.1. The molecule has 0 aromatic heterocycles. The van der Waals surface area contributed by atoms with Crippen molar-refractivity contribution in [2.24, 2.45) is 11.7 Å². The fourth-order valence-corrected chi connectivity index (χ4v) is 4.27. The first-order valence-electron chi connectivity index (χ1n) is 6.32. The molecule has 2 rings (SSSR count). The van der Waals surface area contributed by atoms with Gasteiger partial charge in [-0.25, -0.2) is 8.42 Å². The van der Waals surface area contributed by atoms with Crippen molar-refractivity contribution >= 4 is 15.7 Å². The van der Waals surface area contributed by atoms with Gasteiger partial charge in [-0.2, -0.15) is 4.31 Å². The van der Waals surface area contributed by atoms with Gasteiger partial charge in [0.2, 0.25) is 10.0 Å². The average Bonchev–Trinajstić information content (AvgIpc) is 2.81. The number of nitrogens with two attached hydrogens (primary N) is 1. The molecule has 0 bridgehead atoms. The van der Waals surface area contributed by atoms with Crippen LogP contribution < -0.4 is 5.73 Å². The quantitative estimate of drug-likeness (QED) is 0.658. The van der Waals surface area contributed by atoms with E-state index in [1.54, 1.807) is 0 Å². The third kappa shape index (κ3) is 2.67. The average molecular weight is 299 g/mol. The van der Waals surface area contributed by atoms with E-state index in [-0.39, 0.29) is 22.5 Å². The second kappa shape index (κ2) is 5.47. The molecule has 7 nitrogen and oxygen atoms in total. The van der Waals surface area contributed by atoms with E-state index in [4.69, 9.17) is 5.73 Å². The van der Waals surface area contributed by atoms with Gasteiger partial charge >= 0.3 is 0 Å². The van der Waals surface area contributed by atoms with Crippen LogP contribution in [0.5, 0.6) is 0 Å². The molecule has 0 spiro atoms. The lowest BCUT2D eigenvalue weighted by atomic mass is 10.1. The Hall–Kier alpha value is -1.51. The van der Waals surface area contributed by atoms with E-state index >= 15 is 0 Å². The predicted octanol–water partition coefficient (Wildman–Crippen LogP) is 0.953. The van der Waals surface area contributed by atoms with Crippen molar-refractivity contribution < 1.29 is 13.3 Å². The molecule has 0 radical (unpaired) electrons. The SMILES string of the molecule is CC1CC(CN)CN1S(=O)(=O)c1cccc([N+](=O)[O-])c1. The minimum Gasteiger partial charge on any atom is -0.330 e. The van der Waals surface area contributed by atoms with Crippen molar-refractivity contribution in [3.63, 3.8) is 0 Å². The molecule has 0 saturated carbocycles. The summed E-state index contributed by atoms with van der Waals surface area (Å²) in [5, 5.41) is 10.7. The largest absolute Gasteiger partial charge is 0.330 e. The molecule has 1 saturated heterocycles. The zero-order chi connectivity index (χ0) is 14.9. The van der Waals surface area contributed by atoms with Crippen LogP contribution in [0.25, 0.3) is 0 Å².